The molecule has 1 N–H and O–H groups in total. The highest BCUT2D eigenvalue weighted by Crippen LogP contribution is 2.18. The molecule has 15 heavy (non-hydrogen) atoms. The minimum Gasteiger partial charge on any atom is -0.394 e. The van der Waals surface area contributed by atoms with E-state index in [0.29, 0.717) is 11.4 Å². The first-order valence-corrected chi connectivity index (χ1v) is 4.81. The predicted octanol–water partition coefficient (Wildman–Crippen LogP) is 1.08. The maximum Gasteiger partial charge on any atom is 0.146 e. The number of hydrogen-bond donors (Lipinski definition) is 1. The molecule has 0 saturated heterocycles. The molecule has 1 heterocycles. The van der Waals surface area contributed by atoms with Crippen LogP contribution in [0.15, 0.2) is 12.1 Å². The van der Waals surface area contributed by atoms with Gasteiger partial charge < -0.3 is 10.0 Å². The van der Waals surface area contributed by atoms with E-state index >= 15 is 0 Å². The number of hydrogen-bond acceptors (Lipinski definition) is 4. The van der Waals surface area contributed by atoms with Gasteiger partial charge in [0, 0.05) is 12.7 Å². The Balaban J connectivity index is 3.12. The van der Waals surface area contributed by atoms with Crippen LogP contribution in [0.4, 0.5) is 5.82 Å². The average Bonchev–Trinajstić information content (AvgIpc) is 2.27. The molecule has 1 atom stereocenters. The van der Waals surface area contributed by atoms with Crippen molar-refractivity contribution in [3.8, 4) is 6.07 Å². The fourth-order valence-electron chi connectivity index (χ4n) is 1.23. The average molecular weight is 205 g/mol. The zero-order valence-electron chi connectivity index (χ0n) is 9.23. The van der Waals surface area contributed by atoms with E-state index in [0.717, 1.165) is 5.69 Å². The van der Waals surface area contributed by atoms with Gasteiger partial charge in [-0.05, 0) is 26.0 Å². The third kappa shape index (κ3) is 2.45. The molecule has 0 fully saturated rings. The van der Waals surface area contributed by atoms with Gasteiger partial charge in [-0.15, -0.1) is 0 Å². The number of likely N-dealkylation sites (N-methyl/N-ethyl adjacent to an activating group) is 1. The lowest BCUT2D eigenvalue weighted by molar-refractivity contribution is 0.269. The minimum atomic E-state index is -0.0496. The minimum absolute atomic E-state index is 0.0387. The quantitative estimate of drug-likeness (QED) is 0.802. The summed E-state index contributed by atoms with van der Waals surface area (Å²) in [6, 6.07) is 5.60. The van der Waals surface area contributed by atoms with Crippen molar-refractivity contribution in [3.05, 3.63) is 23.4 Å². The van der Waals surface area contributed by atoms with E-state index in [9.17, 15) is 0 Å². The summed E-state index contributed by atoms with van der Waals surface area (Å²) in [5, 5.41) is 18.0. The van der Waals surface area contributed by atoms with Gasteiger partial charge in [0.25, 0.3) is 0 Å². The molecule has 0 saturated carbocycles. The molecule has 1 aromatic rings. The van der Waals surface area contributed by atoms with Crippen LogP contribution in [0.1, 0.15) is 18.2 Å². The first kappa shape index (κ1) is 11.5. The molecule has 4 heteroatoms. The Morgan fingerprint density at radius 3 is 2.80 bits per heavy atom. The maximum atomic E-state index is 9.05. The van der Waals surface area contributed by atoms with Crippen molar-refractivity contribution < 1.29 is 5.11 Å². The lowest BCUT2D eigenvalue weighted by atomic mass is 10.2. The Hall–Kier alpha value is -1.60. The SMILES string of the molecule is Cc1ccc(C#N)c(N(C)C(C)CO)n1. The Morgan fingerprint density at radius 2 is 2.27 bits per heavy atom. The first-order chi connectivity index (χ1) is 7.10. The van der Waals surface area contributed by atoms with Gasteiger partial charge >= 0.3 is 0 Å². The maximum absolute atomic E-state index is 9.05. The number of aliphatic hydroxyl groups excluding tert-OH is 1. The van der Waals surface area contributed by atoms with Crippen molar-refractivity contribution in [2.45, 2.75) is 19.9 Å². The van der Waals surface area contributed by atoms with E-state index in [1.165, 1.54) is 0 Å². The van der Waals surface area contributed by atoms with E-state index < -0.39 is 0 Å². The fourth-order valence-corrected chi connectivity index (χ4v) is 1.23. The van der Waals surface area contributed by atoms with Crippen molar-refractivity contribution in [2.75, 3.05) is 18.6 Å². The summed E-state index contributed by atoms with van der Waals surface area (Å²) in [5.41, 5.74) is 1.39. The van der Waals surface area contributed by atoms with Crippen LogP contribution in [0.5, 0.6) is 0 Å². The standard InChI is InChI=1S/C11H15N3O/c1-8-4-5-10(6-12)11(13-8)14(3)9(2)7-15/h4-5,9,15H,7H2,1-3H3. The van der Waals surface area contributed by atoms with E-state index in [1.807, 2.05) is 25.8 Å². The van der Waals surface area contributed by atoms with Crippen LogP contribution < -0.4 is 4.90 Å². The molecule has 80 valence electrons. The van der Waals surface area contributed by atoms with E-state index in [4.69, 9.17) is 10.4 Å². The summed E-state index contributed by atoms with van der Waals surface area (Å²) in [7, 11) is 1.82. The molecular weight excluding hydrogens is 190 g/mol. The second-order valence-corrected chi connectivity index (χ2v) is 3.58. The van der Waals surface area contributed by atoms with Crippen molar-refractivity contribution in [1.29, 1.82) is 5.26 Å². The summed E-state index contributed by atoms with van der Waals surface area (Å²) >= 11 is 0. The van der Waals surface area contributed by atoms with E-state index in [2.05, 4.69) is 11.1 Å². The Morgan fingerprint density at radius 1 is 1.60 bits per heavy atom. The van der Waals surface area contributed by atoms with Crippen molar-refractivity contribution in [2.24, 2.45) is 0 Å². The summed E-state index contributed by atoms with van der Waals surface area (Å²) in [5.74, 6) is 0.624. The summed E-state index contributed by atoms with van der Waals surface area (Å²) in [6.07, 6.45) is 0. The number of aromatic nitrogens is 1. The van der Waals surface area contributed by atoms with Gasteiger partial charge in [0.2, 0.25) is 0 Å². The second-order valence-electron chi connectivity index (χ2n) is 3.58. The largest absolute Gasteiger partial charge is 0.394 e. The molecule has 0 aliphatic rings. The molecule has 0 aliphatic carbocycles. The summed E-state index contributed by atoms with van der Waals surface area (Å²) in [6.45, 7) is 3.80. The van der Waals surface area contributed by atoms with Crippen LogP contribution in [-0.2, 0) is 0 Å². The predicted molar refractivity (Wildman–Crippen MR) is 58.6 cm³/mol. The summed E-state index contributed by atoms with van der Waals surface area (Å²) in [4.78, 5) is 6.12. The van der Waals surface area contributed by atoms with E-state index in [-0.39, 0.29) is 12.6 Å². The molecule has 0 aromatic carbocycles. The second kappa shape index (κ2) is 4.76. The number of aryl methyl sites for hydroxylation is 1. The van der Waals surface area contributed by atoms with Crippen LogP contribution in [0.3, 0.4) is 0 Å². The third-order valence-corrected chi connectivity index (χ3v) is 2.39. The zero-order valence-corrected chi connectivity index (χ0v) is 9.23. The summed E-state index contributed by atoms with van der Waals surface area (Å²) < 4.78 is 0. The molecule has 1 aromatic heterocycles. The smallest absolute Gasteiger partial charge is 0.146 e. The molecule has 1 rings (SSSR count). The van der Waals surface area contributed by atoms with Crippen molar-refractivity contribution in [3.63, 3.8) is 0 Å². The van der Waals surface area contributed by atoms with Gasteiger partial charge in [-0.25, -0.2) is 4.98 Å². The Kier molecular flexibility index (Phi) is 3.64. The van der Waals surface area contributed by atoms with Gasteiger partial charge in [0.15, 0.2) is 0 Å². The van der Waals surface area contributed by atoms with Gasteiger partial charge in [0.1, 0.15) is 11.9 Å². The third-order valence-electron chi connectivity index (χ3n) is 2.39. The Labute approximate surface area is 89.8 Å². The molecule has 0 bridgehead atoms. The molecule has 0 spiro atoms. The highest BCUT2D eigenvalue weighted by Gasteiger charge is 2.14. The number of pyridine rings is 1. The van der Waals surface area contributed by atoms with Crippen LogP contribution in [0.25, 0.3) is 0 Å². The highest BCUT2D eigenvalue weighted by molar-refractivity contribution is 5.54. The number of rotatable bonds is 3. The molecule has 0 amide bonds. The van der Waals surface area contributed by atoms with Crippen LogP contribution >= 0.6 is 0 Å². The first-order valence-electron chi connectivity index (χ1n) is 4.81. The van der Waals surface area contributed by atoms with Crippen LogP contribution in [0, 0.1) is 18.3 Å². The monoisotopic (exact) mass is 205 g/mol. The molecule has 4 nitrogen and oxygen atoms in total. The van der Waals surface area contributed by atoms with Gasteiger partial charge in [0.05, 0.1) is 18.2 Å². The lowest BCUT2D eigenvalue weighted by Gasteiger charge is -2.25. The molecule has 0 radical (unpaired) electrons. The fraction of sp³-hybridized carbons (Fsp3) is 0.455. The normalized spacial score (nSPS) is 11.9. The number of nitrogens with zero attached hydrogens (tertiary/aromatic N) is 3. The molecule has 0 aliphatic heterocycles. The van der Waals surface area contributed by atoms with Gasteiger partial charge in [-0.1, -0.05) is 0 Å². The zero-order chi connectivity index (χ0) is 11.4. The van der Waals surface area contributed by atoms with Crippen molar-refractivity contribution >= 4 is 5.82 Å². The number of anilines is 1. The number of aliphatic hydroxyl groups is 1. The molecular formula is C11H15N3O. The van der Waals surface area contributed by atoms with Gasteiger partial charge in [-0.3, -0.25) is 0 Å². The number of nitriles is 1. The van der Waals surface area contributed by atoms with Crippen LogP contribution in [0.2, 0.25) is 0 Å². The lowest BCUT2D eigenvalue weighted by Crippen LogP contribution is -2.33. The van der Waals surface area contributed by atoms with E-state index in [1.54, 1.807) is 12.1 Å². The van der Waals surface area contributed by atoms with Crippen LogP contribution in [-0.4, -0.2) is 29.8 Å². The topological polar surface area (TPSA) is 60.2 Å². The Bertz CT molecular complexity index is 384. The highest BCUT2D eigenvalue weighted by atomic mass is 16.3. The van der Waals surface area contributed by atoms with Crippen molar-refractivity contribution in [1.82, 2.24) is 4.98 Å². The molecule has 1 unspecified atom stereocenters. The van der Waals surface area contributed by atoms with Gasteiger partial charge in [-0.2, -0.15) is 5.26 Å².